The molecule has 112 valence electrons. The number of aryl methyl sites for hydroxylation is 1. The molecular weight excluding hydrogens is 288 g/mol. The first-order chi connectivity index (χ1) is 11.3. The number of nitrogens with zero attached hydrogens (tertiary/aromatic N) is 3. The molecule has 5 heteroatoms. The highest BCUT2D eigenvalue weighted by molar-refractivity contribution is 6.16. The molecule has 0 aliphatic carbocycles. The normalized spacial score (nSPS) is 13.4. The maximum absolute atomic E-state index is 5.74. The van der Waals surface area contributed by atoms with Crippen molar-refractivity contribution < 1.29 is 4.42 Å². The van der Waals surface area contributed by atoms with E-state index in [1.54, 1.807) is 12.4 Å². The number of aromatic nitrogens is 1. The van der Waals surface area contributed by atoms with Crippen LogP contribution >= 0.6 is 0 Å². The Morgan fingerprint density at radius 1 is 0.957 bits per heavy atom. The minimum atomic E-state index is 0.679. The van der Waals surface area contributed by atoms with E-state index >= 15 is 0 Å². The molecule has 3 aromatic rings. The topological polar surface area (TPSA) is 62.8 Å². The summed E-state index contributed by atoms with van der Waals surface area (Å²) < 4.78 is 5.74. The molecule has 0 saturated carbocycles. The van der Waals surface area contributed by atoms with Crippen molar-refractivity contribution in [1.29, 1.82) is 0 Å². The lowest BCUT2D eigenvalue weighted by Crippen LogP contribution is -2.19. The van der Waals surface area contributed by atoms with Crippen molar-refractivity contribution >= 4 is 17.2 Å². The summed E-state index contributed by atoms with van der Waals surface area (Å²) in [6.07, 6.45) is 3.47. The highest BCUT2D eigenvalue weighted by Gasteiger charge is 2.18. The number of rotatable bonds is 2. The average molecular weight is 302 g/mol. The third-order valence-electron chi connectivity index (χ3n) is 3.59. The van der Waals surface area contributed by atoms with Crippen LogP contribution in [0.4, 0.5) is 5.69 Å². The number of fused-ring (bicyclic) bond motifs is 1. The van der Waals surface area contributed by atoms with Gasteiger partial charge in [-0.15, -0.1) is 0 Å². The van der Waals surface area contributed by atoms with Crippen LogP contribution in [0.1, 0.15) is 22.6 Å². The van der Waals surface area contributed by atoms with Gasteiger partial charge in [-0.05, 0) is 37.3 Å². The van der Waals surface area contributed by atoms with E-state index in [0.29, 0.717) is 11.6 Å². The molecule has 0 atom stereocenters. The molecule has 3 heterocycles. The highest BCUT2D eigenvalue weighted by Crippen LogP contribution is 2.26. The van der Waals surface area contributed by atoms with E-state index in [9.17, 15) is 0 Å². The Balaban J connectivity index is 1.86. The lowest BCUT2D eigenvalue weighted by Gasteiger charge is -2.04. The Bertz CT molecular complexity index is 910. The van der Waals surface area contributed by atoms with E-state index in [4.69, 9.17) is 9.41 Å². The fraction of sp³-hybridized carbons (Fsp3) is 0.0556. The van der Waals surface area contributed by atoms with E-state index in [1.807, 2.05) is 55.5 Å². The zero-order valence-electron chi connectivity index (χ0n) is 12.5. The lowest BCUT2D eigenvalue weighted by atomic mass is 10.1. The summed E-state index contributed by atoms with van der Waals surface area (Å²) in [6.45, 7) is 1.92. The molecule has 1 aliphatic heterocycles. The summed E-state index contributed by atoms with van der Waals surface area (Å²) >= 11 is 0. The number of amidine groups is 1. The van der Waals surface area contributed by atoms with Crippen LogP contribution < -0.4 is 5.43 Å². The smallest absolute Gasteiger partial charge is 0.155 e. The van der Waals surface area contributed by atoms with Crippen molar-refractivity contribution in [2.45, 2.75) is 6.92 Å². The fourth-order valence-electron chi connectivity index (χ4n) is 2.47. The van der Waals surface area contributed by atoms with Crippen LogP contribution in [0.15, 0.2) is 75.4 Å². The summed E-state index contributed by atoms with van der Waals surface area (Å²) in [6, 6.07) is 15.5. The molecule has 1 N–H and O–H groups in total. The predicted molar refractivity (Wildman–Crippen MR) is 89.1 cm³/mol. The van der Waals surface area contributed by atoms with Crippen LogP contribution in [0.3, 0.4) is 0 Å². The molecule has 0 unspecified atom stereocenters. The van der Waals surface area contributed by atoms with Gasteiger partial charge < -0.3 is 4.42 Å². The first-order valence-corrected chi connectivity index (χ1v) is 7.30. The largest absolute Gasteiger partial charge is 0.460 e. The summed E-state index contributed by atoms with van der Waals surface area (Å²) in [5, 5.41) is 4.53. The molecule has 0 saturated heterocycles. The van der Waals surface area contributed by atoms with E-state index in [-0.39, 0.29) is 0 Å². The Hall–Kier alpha value is -3.21. The van der Waals surface area contributed by atoms with Crippen molar-refractivity contribution in [3.05, 3.63) is 83.6 Å². The maximum Gasteiger partial charge on any atom is 0.155 e. The highest BCUT2D eigenvalue weighted by atomic mass is 16.3. The van der Waals surface area contributed by atoms with Gasteiger partial charge in [-0.2, -0.15) is 5.10 Å². The number of nitrogens with one attached hydrogen (secondary N) is 1. The summed E-state index contributed by atoms with van der Waals surface area (Å²) in [5.74, 6) is 2.24. The van der Waals surface area contributed by atoms with Crippen LogP contribution in [0.25, 0.3) is 0 Å². The van der Waals surface area contributed by atoms with Crippen molar-refractivity contribution in [1.82, 2.24) is 10.4 Å². The number of furan rings is 1. The van der Waals surface area contributed by atoms with Crippen molar-refractivity contribution in [2.24, 2.45) is 10.1 Å². The zero-order valence-corrected chi connectivity index (χ0v) is 12.5. The van der Waals surface area contributed by atoms with Crippen molar-refractivity contribution in [3.8, 4) is 0 Å². The number of para-hydroxylation sites is 1. The Kier molecular flexibility index (Phi) is 3.24. The van der Waals surface area contributed by atoms with Gasteiger partial charge in [0.15, 0.2) is 11.6 Å². The third kappa shape index (κ3) is 2.53. The lowest BCUT2D eigenvalue weighted by molar-refractivity contribution is 0.525. The molecule has 0 spiro atoms. The summed E-state index contributed by atoms with van der Waals surface area (Å²) in [5.41, 5.74) is 6.49. The van der Waals surface area contributed by atoms with Gasteiger partial charge in [-0.3, -0.25) is 10.4 Å². The number of pyridine rings is 1. The number of hydrogen-bond acceptors (Lipinski definition) is 5. The second-order valence-corrected chi connectivity index (χ2v) is 5.20. The molecule has 0 fully saturated rings. The van der Waals surface area contributed by atoms with Crippen LogP contribution in [-0.2, 0) is 0 Å². The molecule has 23 heavy (non-hydrogen) atoms. The molecule has 0 amide bonds. The van der Waals surface area contributed by atoms with E-state index in [2.05, 4.69) is 15.5 Å². The first kappa shape index (κ1) is 13.5. The van der Waals surface area contributed by atoms with E-state index in [1.165, 1.54) is 0 Å². The van der Waals surface area contributed by atoms with Crippen LogP contribution in [0.5, 0.6) is 0 Å². The predicted octanol–water partition coefficient (Wildman–Crippen LogP) is 3.42. The van der Waals surface area contributed by atoms with Crippen molar-refractivity contribution in [3.63, 3.8) is 0 Å². The van der Waals surface area contributed by atoms with Gasteiger partial charge in [0.05, 0.1) is 5.69 Å². The summed E-state index contributed by atoms with van der Waals surface area (Å²) in [7, 11) is 0. The number of hydrazone groups is 1. The van der Waals surface area contributed by atoms with Crippen LogP contribution in [0, 0.1) is 6.92 Å². The van der Waals surface area contributed by atoms with Gasteiger partial charge in [0.2, 0.25) is 0 Å². The number of aliphatic imine (C=N–C) groups is 1. The molecule has 1 aliphatic rings. The molecule has 0 radical (unpaired) electrons. The first-order valence-electron chi connectivity index (χ1n) is 7.30. The second kappa shape index (κ2) is 5.53. The molecule has 1 aromatic carbocycles. The van der Waals surface area contributed by atoms with Gasteiger partial charge in [-0.1, -0.05) is 18.2 Å². The minimum absolute atomic E-state index is 0.679. The quantitative estimate of drug-likeness (QED) is 0.789. The van der Waals surface area contributed by atoms with Crippen LogP contribution in [0.2, 0.25) is 0 Å². The van der Waals surface area contributed by atoms with Gasteiger partial charge >= 0.3 is 0 Å². The van der Waals surface area contributed by atoms with Gasteiger partial charge in [0, 0.05) is 23.5 Å². The van der Waals surface area contributed by atoms with E-state index in [0.717, 1.165) is 28.3 Å². The SMILES string of the molecule is Cc1ccc(C2=NNC(c3ccncc3)=Nc3ccccc32)o1. The standard InChI is InChI=1S/C18H14N4O/c1-12-6-7-16(23-12)17-14-4-2-3-5-15(14)20-18(22-21-17)13-8-10-19-11-9-13/h2-11H,1H3,(H,20,22). The third-order valence-corrected chi connectivity index (χ3v) is 3.59. The molecule has 0 bridgehead atoms. The summed E-state index contributed by atoms with van der Waals surface area (Å²) in [4.78, 5) is 8.75. The molecule has 4 rings (SSSR count). The van der Waals surface area contributed by atoms with Crippen LogP contribution in [-0.4, -0.2) is 16.5 Å². The van der Waals surface area contributed by atoms with Gasteiger partial charge in [0.25, 0.3) is 0 Å². The fourth-order valence-corrected chi connectivity index (χ4v) is 2.47. The minimum Gasteiger partial charge on any atom is -0.460 e. The Labute approximate surface area is 133 Å². The number of hydrogen-bond donors (Lipinski definition) is 1. The molecule has 5 nitrogen and oxygen atoms in total. The monoisotopic (exact) mass is 302 g/mol. The molecule has 2 aromatic heterocycles. The Morgan fingerprint density at radius 2 is 1.78 bits per heavy atom. The van der Waals surface area contributed by atoms with Crippen molar-refractivity contribution in [2.75, 3.05) is 0 Å². The molecular formula is C18H14N4O. The average Bonchev–Trinajstić information content (AvgIpc) is 2.92. The Morgan fingerprint density at radius 3 is 2.57 bits per heavy atom. The number of benzene rings is 1. The zero-order chi connectivity index (χ0) is 15.6. The van der Waals surface area contributed by atoms with Gasteiger partial charge in [-0.25, -0.2) is 4.99 Å². The van der Waals surface area contributed by atoms with Gasteiger partial charge in [0.1, 0.15) is 11.5 Å². The van der Waals surface area contributed by atoms with E-state index < -0.39 is 0 Å². The maximum atomic E-state index is 5.74. The second-order valence-electron chi connectivity index (χ2n) is 5.20.